The number of para-hydroxylation sites is 1. The normalized spacial score (nSPS) is 11.3. The van der Waals surface area contributed by atoms with Gasteiger partial charge in [0.15, 0.2) is 0 Å². The largest absolute Gasteiger partial charge is 0.496 e. The van der Waals surface area contributed by atoms with E-state index < -0.39 is 5.67 Å². The predicted molar refractivity (Wildman–Crippen MR) is 47.1 cm³/mol. The Labute approximate surface area is 72.2 Å². The molecule has 0 aliphatic heterocycles. The van der Waals surface area contributed by atoms with Crippen molar-refractivity contribution in [3.63, 3.8) is 0 Å². The van der Waals surface area contributed by atoms with Gasteiger partial charge in [-0.2, -0.15) is 0 Å². The Hall–Kier alpha value is -1.05. The summed E-state index contributed by atoms with van der Waals surface area (Å²) in [6.45, 7) is 3.04. The van der Waals surface area contributed by atoms with Crippen molar-refractivity contribution < 1.29 is 9.13 Å². The van der Waals surface area contributed by atoms with Crippen LogP contribution < -0.4 is 4.74 Å². The average molecular weight is 168 g/mol. The Morgan fingerprint density at radius 1 is 1.25 bits per heavy atom. The molecule has 66 valence electrons. The molecule has 0 spiro atoms. The number of ether oxygens (including phenoxy) is 1. The first kappa shape index (κ1) is 9.04. The molecule has 0 unspecified atom stereocenters. The Kier molecular flexibility index (Phi) is 2.36. The zero-order chi connectivity index (χ0) is 9.19. The summed E-state index contributed by atoms with van der Waals surface area (Å²) in [7, 11) is 1.55. The second-order valence-electron chi connectivity index (χ2n) is 3.17. The average Bonchev–Trinajstić information content (AvgIpc) is 2.03. The van der Waals surface area contributed by atoms with Gasteiger partial charge in [-0.1, -0.05) is 18.2 Å². The summed E-state index contributed by atoms with van der Waals surface area (Å²) < 4.78 is 18.5. The molecule has 0 aliphatic rings. The quantitative estimate of drug-likeness (QED) is 0.659. The highest BCUT2D eigenvalue weighted by molar-refractivity contribution is 5.36. The van der Waals surface area contributed by atoms with Gasteiger partial charge in [-0.25, -0.2) is 4.39 Å². The zero-order valence-corrected chi connectivity index (χ0v) is 7.60. The summed E-state index contributed by atoms with van der Waals surface area (Å²) in [6, 6.07) is 7.13. The number of methoxy groups -OCH3 is 1. The lowest BCUT2D eigenvalue weighted by atomic mass is 9.99. The Bertz CT molecular complexity index is 263. The first-order chi connectivity index (χ1) is 5.55. The van der Waals surface area contributed by atoms with Crippen LogP contribution in [0.25, 0.3) is 0 Å². The number of alkyl halides is 1. The first-order valence-corrected chi connectivity index (χ1v) is 3.88. The van der Waals surface area contributed by atoms with Gasteiger partial charge in [0, 0.05) is 5.56 Å². The molecule has 0 bridgehead atoms. The SMILES string of the molecule is COc1ccccc1C(C)(C)F. The van der Waals surface area contributed by atoms with Gasteiger partial charge < -0.3 is 4.74 Å². The smallest absolute Gasteiger partial charge is 0.134 e. The van der Waals surface area contributed by atoms with Crippen molar-refractivity contribution in [3.8, 4) is 5.75 Å². The highest BCUT2D eigenvalue weighted by Crippen LogP contribution is 2.31. The van der Waals surface area contributed by atoms with E-state index in [2.05, 4.69) is 0 Å². The Morgan fingerprint density at radius 2 is 1.83 bits per heavy atom. The lowest BCUT2D eigenvalue weighted by molar-refractivity contribution is 0.213. The van der Waals surface area contributed by atoms with Crippen LogP contribution in [-0.2, 0) is 5.67 Å². The van der Waals surface area contributed by atoms with Crippen LogP contribution in [0.15, 0.2) is 24.3 Å². The van der Waals surface area contributed by atoms with E-state index in [0.717, 1.165) is 0 Å². The molecule has 1 rings (SSSR count). The van der Waals surface area contributed by atoms with Crippen LogP contribution >= 0.6 is 0 Å². The van der Waals surface area contributed by atoms with Gasteiger partial charge >= 0.3 is 0 Å². The van der Waals surface area contributed by atoms with Crippen molar-refractivity contribution in [2.45, 2.75) is 19.5 Å². The fourth-order valence-electron chi connectivity index (χ4n) is 1.14. The van der Waals surface area contributed by atoms with Crippen molar-refractivity contribution in [1.29, 1.82) is 0 Å². The van der Waals surface area contributed by atoms with E-state index in [0.29, 0.717) is 11.3 Å². The van der Waals surface area contributed by atoms with Gasteiger partial charge in [0.1, 0.15) is 11.4 Å². The van der Waals surface area contributed by atoms with E-state index >= 15 is 0 Å². The van der Waals surface area contributed by atoms with E-state index in [-0.39, 0.29) is 0 Å². The fraction of sp³-hybridized carbons (Fsp3) is 0.400. The molecule has 0 amide bonds. The standard InChI is InChI=1S/C10H13FO/c1-10(2,11)8-6-4-5-7-9(8)12-3/h4-7H,1-3H3. The molecule has 0 heterocycles. The van der Waals surface area contributed by atoms with Crippen LogP contribution in [0.4, 0.5) is 4.39 Å². The molecule has 0 aromatic heterocycles. The van der Waals surface area contributed by atoms with Gasteiger partial charge in [0.05, 0.1) is 7.11 Å². The number of hydrogen-bond acceptors (Lipinski definition) is 1. The van der Waals surface area contributed by atoms with Crippen LogP contribution in [0.1, 0.15) is 19.4 Å². The van der Waals surface area contributed by atoms with Crippen LogP contribution in [0.2, 0.25) is 0 Å². The summed E-state index contributed by atoms with van der Waals surface area (Å²) in [4.78, 5) is 0. The monoisotopic (exact) mass is 168 g/mol. The maximum Gasteiger partial charge on any atom is 0.134 e. The summed E-state index contributed by atoms with van der Waals surface area (Å²) in [5.41, 5.74) is -0.750. The van der Waals surface area contributed by atoms with Crippen LogP contribution in [0.5, 0.6) is 5.75 Å². The second kappa shape index (κ2) is 3.13. The maximum atomic E-state index is 13.5. The first-order valence-electron chi connectivity index (χ1n) is 3.88. The molecule has 1 nitrogen and oxygen atoms in total. The predicted octanol–water partition coefficient (Wildman–Crippen LogP) is 2.90. The Morgan fingerprint density at radius 3 is 2.25 bits per heavy atom. The molecule has 0 saturated carbocycles. The number of hydrogen-bond donors (Lipinski definition) is 0. The molecule has 0 aliphatic carbocycles. The molecule has 12 heavy (non-hydrogen) atoms. The fourth-order valence-corrected chi connectivity index (χ4v) is 1.14. The van der Waals surface area contributed by atoms with E-state index in [9.17, 15) is 4.39 Å². The highest BCUT2D eigenvalue weighted by Gasteiger charge is 2.22. The molecule has 0 saturated heterocycles. The van der Waals surface area contributed by atoms with E-state index in [1.165, 1.54) is 13.8 Å². The van der Waals surface area contributed by atoms with Gasteiger partial charge in [0.25, 0.3) is 0 Å². The molecule has 0 N–H and O–H groups in total. The minimum Gasteiger partial charge on any atom is -0.496 e. The topological polar surface area (TPSA) is 9.23 Å². The second-order valence-corrected chi connectivity index (χ2v) is 3.17. The number of rotatable bonds is 2. The lowest BCUT2D eigenvalue weighted by Gasteiger charge is -2.17. The van der Waals surface area contributed by atoms with Gasteiger partial charge in [-0.05, 0) is 19.9 Å². The number of benzene rings is 1. The molecule has 0 atom stereocenters. The summed E-state index contributed by atoms with van der Waals surface area (Å²) >= 11 is 0. The minimum absolute atomic E-state index is 0.590. The highest BCUT2D eigenvalue weighted by atomic mass is 19.1. The van der Waals surface area contributed by atoms with Crippen LogP contribution in [0.3, 0.4) is 0 Å². The summed E-state index contributed by atoms with van der Waals surface area (Å²) in [5, 5.41) is 0. The third-order valence-corrected chi connectivity index (χ3v) is 1.75. The molecule has 2 heteroatoms. The molecule has 1 aromatic carbocycles. The van der Waals surface area contributed by atoms with Gasteiger partial charge in [-0.15, -0.1) is 0 Å². The van der Waals surface area contributed by atoms with Crippen molar-refractivity contribution in [2.24, 2.45) is 0 Å². The Balaban J connectivity index is 3.14. The van der Waals surface area contributed by atoms with Crippen molar-refractivity contribution in [2.75, 3.05) is 7.11 Å². The third kappa shape index (κ3) is 1.76. The zero-order valence-electron chi connectivity index (χ0n) is 7.60. The van der Waals surface area contributed by atoms with E-state index in [1.54, 1.807) is 25.3 Å². The molecular formula is C10H13FO. The van der Waals surface area contributed by atoms with Crippen LogP contribution in [-0.4, -0.2) is 7.11 Å². The molecule has 0 fully saturated rings. The van der Waals surface area contributed by atoms with Crippen LogP contribution in [0, 0.1) is 0 Å². The van der Waals surface area contributed by atoms with Crippen molar-refractivity contribution in [3.05, 3.63) is 29.8 Å². The lowest BCUT2D eigenvalue weighted by Crippen LogP contribution is -2.10. The third-order valence-electron chi connectivity index (χ3n) is 1.75. The van der Waals surface area contributed by atoms with Gasteiger partial charge in [0.2, 0.25) is 0 Å². The molecular weight excluding hydrogens is 155 g/mol. The van der Waals surface area contributed by atoms with E-state index in [4.69, 9.17) is 4.74 Å². The number of halogens is 1. The molecule has 0 radical (unpaired) electrons. The van der Waals surface area contributed by atoms with E-state index in [1.807, 2.05) is 6.07 Å². The molecule has 1 aromatic rings. The van der Waals surface area contributed by atoms with Gasteiger partial charge in [-0.3, -0.25) is 0 Å². The minimum atomic E-state index is -1.34. The van der Waals surface area contributed by atoms with Crippen molar-refractivity contribution in [1.82, 2.24) is 0 Å². The van der Waals surface area contributed by atoms with Crippen molar-refractivity contribution >= 4 is 0 Å². The maximum absolute atomic E-state index is 13.5. The summed E-state index contributed by atoms with van der Waals surface area (Å²) in [5.74, 6) is 0.602. The summed E-state index contributed by atoms with van der Waals surface area (Å²) in [6.07, 6.45) is 0.